The Kier molecular flexibility index (Phi) is 4.67. The highest BCUT2D eigenvalue weighted by molar-refractivity contribution is 7.93. The van der Waals surface area contributed by atoms with E-state index in [4.69, 9.17) is 4.74 Å². The number of ether oxygens (including phenoxy) is 1. The number of anilines is 2. The van der Waals surface area contributed by atoms with Crippen molar-refractivity contribution >= 4 is 27.3 Å². The van der Waals surface area contributed by atoms with Gasteiger partial charge in [0.15, 0.2) is 0 Å². The van der Waals surface area contributed by atoms with E-state index >= 15 is 0 Å². The Bertz CT molecular complexity index is 909. The van der Waals surface area contributed by atoms with E-state index in [9.17, 15) is 13.2 Å². The second-order valence-electron chi connectivity index (χ2n) is 5.93. The third kappa shape index (κ3) is 3.61. The van der Waals surface area contributed by atoms with Gasteiger partial charge in [0.2, 0.25) is 10.0 Å². The Morgan fingerprint density at radius 1 is 1.20 bits per heavy atom. The van der Waals surface area contributed by atoms with Crippen molar-refractivity contribution in [3.05, 3.63) is 53.6 Å². The minimum Gasteiger partial charge on any atom is -0.497 e. The summed E-state index contributed by atoms with van der Waals surface area (Å²) < 4.78 is 30.6. The molecule has 25 heavy (non-hydrogen) atoms. The van der Waals surface area contributed by atoms with Crippen LogP contribution in [-0.2, 0) is 10.0 Å². The molecule has 1 heterocycles. The van der Waals surface area contributed by atoms with Crippen molar-refractivity contribution in [1.82, 2.24) is 0 Å². The van der Waals surface area contributed by atoms with Crippen molar-refractivity contribution < 1.29 is 17.9 Å². The SMILES string of the molecule is COc1cccc(C(=O)Nc2ccc(N3CCCS3(=O)=O)cc2C)c1. The topological polar surface area (TPSA) is 75.7 Å². The van der Waals surface area contributed by atoms with E-state index < -0.39 is 10.0 Å². The Morgan fingerprint density at radius 2 is 2.00 bits per heavy atom. The highest BCUT2D eigenvalue weighted by Crippen LogP contribution is 2.28. The highest BCUT2D eigenvalue weighted by Gasteiger charge is 2.28. The van der Waals surface area contributed by atoms with Crippen LogP contribution >= 0.6 is 0 Å². The summed E-state index contributed by atoms with van der Waals surface area (Å²) in [5, 5.41) is 2.85. The molecule has 1 fully saturated rings. The predicted octanol–water partition coefficient (Wildman–Crippen LogP) is 2.80. The number of nitrogens with zero attached hydrogens (tertiary/aromatic N) is 1. The maximum absolute atomic E-state index is 12.4. The second kappa shape index (κ2) is 6.76. The molecule has 2 aromatic carbocycles. The van der Waals surface area contributed by atoms with E-state index in [1.54, 1.807) is 49.6 Å². The molecular formula is C18H20N2O4S. The molecular weight excluding hydrogens is 340 g/mol. The number of nitrogens with one attached hydrogen (secondary N) is 1. The fourth-order valence-electron chi connectivity index (χ4n) is 2.83. The molecule has 1 saturated heterocycles. The molecule has 0 aliphatic carbocycles. The van der Waals surface area contributed by atoms with Crippen LogP contribution in [0.3, 0.4) is 0 Å². The maximum Gasteiger partial charge on any atom is 0.255 e. The smallest absolute Gasteiger partial charge is 0.255 e. The van der Waals surface area contributed by atoms with Gasteiger partial charge in [0.1, 0.15) is 5.75 Å². The molecule has 0 spiro atoms. The molecule has 0 bridgehead atoms. The Balaban J connectivity index is 1.80. The maximum atomic E-state index is 12.4. The minimum absolute atomic E-state index is 0.181. The van der Waals surface area contributed by atoms with E-state index in [1.807, 2.05) is 6.92 Å². The monoisotopic (exact) mass is 360 g/mol. The van der Waals surface area contributed by atoms with Crippen LogP contribution in [0.5, 0.6) is 5.75 Å². The molecule has 0 atom stereocenters. The van der Waals surface area contributed by atoms with Gasteiger partial charge >= 0.3 is 0 Å². The van der Waals surface area contributed by atoms with E-state index in [-0.39, 0.29) is 11.7 Å². The molecule has 0 unspecified atom stereocenters. The highest BCUT2D eigenvalue weighted by atomic mass is 32.2. The largest absolute Gasteiger partial charge is 0.497 e. The number of benzene rings is 2. The average molecular weight is 360 g/mol. The molecule has 2 aromatic rings. The molecule has 3 rings (SSSR count). The summed E-state index contributed by atoms with van der Waals surface area (Å²) in [4.78, 5) is 12.4. The van der Waals surface area contributed by atoms with Crippen LogP contribution in [0.1, 0.15) is 22.3 Å². The zero-order valence-electron chi connectivity index (χ0n) is 14.2. The number of rotatable bonds is 4. The number of hydrogen-bond acceptors (Lipinski definition) is 4. The van der Waals surface area contributed by atoms with Gasteiger partial charge in [-0.15, -0.1) is 0 Å². The number of carbonyl (C=O) groups is 1. The number of methoxy groups -OCH3 is 1. The third-order valence-corrected chi connectivity index (χ3v) is 6.05. The van der Waals surface area contributed by atoms with Crippen molar-refractivity contribution in [3.63, 3.8) is 0 Å². The van der Waals surface area contributed by atoms with Gasteiger partial charge < -0.3 is 10.1 Å². The number of amides is 1. The summed E-state index contributed by atoms with van der Waals surface area (Å²) >= 11 is 0. The molecule has 1 aliphatic rings. The first-order chi connectivity index (χ1) is 11.9. The van der Waals surface area contributed by atoms with Crippen molar-refractivity contribution in [3.8, 4) is 5.75 Å². The fourth-order valence-corrected chi connectivity index (χ4v) is 4.39. The Hall–Kier alpha value is -2.54. The van der Waals surface area contributed by atoms with Crippen LogP contribution in [0.25, 0.3) is 0 Å². The standard InChI is InChI=1S/C18H20N2O4S/c1-13-11-15(20-9-4-10-25(20,22)23)7-8-17(13)19-18(21)14-5-3-6-16(12-14)24-2/h3,5-8,11-12H,4,9-10H2,1-2H3,(H,19,21). The molecule has 6 nitrogen and oxygen atoms in total. The lowest BCUT2D eigenvalue weighted by Crippen LogP contribution is -2.25. The van der Waals surface area contributed by atoms with Gasteiger partial charge in [0, 0.05) is 17.8 Å². The van der Waals surface area contributed by atoms with Crippen LogP contribution in [0, 0.1) is 6.92 Å². The number of hydrogen-bond donors (Lipinski definition) is 1. The lowest BCUT2D eigenvalue weighted by atomic mass is 10.1. The van der Waals surface area contributed by atoms with E-state index in [0.29, 0.717) is 35.7 Å². The minimum atomic E-state index is -3.21. The normalized spacial score (nSPS) is 15.8. The molecule has 0 radical (unpaired) electrons. The van der Waals surface area contributed by atoms with E-state index in [2.05, 4.69) is 5.32 Å². The first-order valence-corrected chi connectivity index (χ1v) is 9.58. The predicted molar refractivity (Wildman–Crippen MR) is 97.9 cm³/mol. The molecule has 0 saturated carbocycles. The van der Waals surface area contributed by atoms with Gasteiger partial charge in [-0.25, -0.2) is 8.42 Å². The van der Waals surface area contributed by atoms with Crippen molar-refractivity contribution in [2.75, 3.05) is 29.0 Å². The van der Waals surface area contributed by atoms with Crippen LogP contribution in [0.2, 0.25) is 0 Å². The second-order valence-corrected chi connectivity index (χ2v) is 7.94. The van der Waals surface area contributed by atoms with Crippen molar-refractivity contribution in [2.45, 2.75) is 13.3 Å². The van der Waals surface area contributed by atoms with Crippen molar-refractivity contribution in [2.24, 2.45) is 0 Å². The Labute approximate surface area is 147 Å². The fraction of sp³-hybridized carbons (Fsp3) is 0.278. The zero-order valence-corrected chi connectivity index (χ0v) is 15.0. The van der Waals surface area contributed by atoms with Gasteiger partial charge in [0.05, 0.1) is 18.6 Å². The van der Waals surface area contributed by atoms with Crippen LogP contribution in [-0.4, -0.2) is 33.7 Å². The molecule has 1 aliphatic heterocycles. The summed E-state index contributed by atoms with van der Waals surface area (Å²) in [6, 6.07) is 12.1. The van der Waals surface area contributed by atoms with Gasteiger partial charge in [-0.3, -0.25) is 9.10 Å². The number of aryl methyl sites for hydroxylation is 1. The third-order valence-electron chi connectivity index (χ3n) is 4.18. The quantitative estimate of drug-likeness (QED) is 0.910. The number of carbonyl (C=O) groups excluding carboxylic acids is 1. The summed E-state index contributed by atoms with van der Waals surface area (Å²) in [6.45, 7) is 2.34. The molecule has 7 heteroatoms. The summed E-state index contributed by atoms with van der Waals surface area (Å²) in [7, 11) is -1.66. The van der Waals surface area contributed by atoms with Gasteiger partial charge in [-0.1, -0.05) is 6.07 Å². The lowest BCUT2D eigenvalue weighted by molar-refractivity contribution is 0.102. The van der Waals surface area contributed by atoms with Gasteiger partial charge in [-0.2, -0.15) is 0 Å². The van der Waals surface area contributed by atoms with Crippen LogP contribution < -0.4 is 14.4 Å². The number of sulfonamides is 1. The first-order valence-electron chi connectivity index (χ1n) is 7.97. The Morgan fingerprint density at radius 3 is 2.64 bits per heavy atom. The summed E-state index contributed by atoms with van der Waals surface area (Å²) in [6.07, 6.45) is 0.635. The molecule has 132 valence electrons. The summed E-state index contributed by atoms with van der Waals surface area (Å²) in [5.41, 5.74) is 2.57. The zero-order chi connectivity index (χ0) is 18.0. The van der Waals surface area contributed by atoms with Gasteiger partial charge in [0.25, 0.3) is 5.91 Å². The lowest BCUT2D eigenvalue weighted by Gasteiger charge is -2.18. The summed E-state index contributed by atoms with van der Waals surface area (Å²) in [5.74, 6) is 0.544. The molecule has 0 aromatic heterocycles. The van der Waals surface area contributed by atoms with Gasteiger partial charge in [-0.05, 0) is 55.3 Å². The van der Waals surface area contributed by atoms with Crippen LogP contribution in [0.15, 0.2) is 42.5 Å². The molecule has 1 N–H and O–H groups in total. The average Bonchev–Trinajstić information content (AvgIpc) is 2.96. The first kappa shape index (κ1) is 17.3. The van der Waals surface area contributed by atoms with Crippen LogP contribution in [0.4, 0.5) is 11.4 Å². The van der Waals surface area contributed by atoms with E-state index in [0.717, 1.165) is 5.56 Å². The van der Waals surface area contributed by atoms with E-state index in [1.165, 1.54) is 4.31 Å². The van der Waals surface area contributed by atoms with Crippen molar-refractivity contribution in [1.29, 1.82) is 0 Å². The molecule has 1 amide bonds.